The zero-order valence-electron chi connectivity index (χ0n) is 6.70. The lowest BCUT2D eigenvalue weighted by molar-refractivity contribution is 0.0683. The fraction of sp³-hybridized carbons (Fsp3) is 0.375. The summed E-state index contributed by atoms with van der Waals surface area (Å²) < 4.78 is 0. The van der Waals surface area contributed by atoms with Gasteiger partial charge in [-0.05, 0) is 18.9 Å². The van der Waals surface area contributed by atoms with Crippen molar-refractivity contribution in [3.8, 4) is 0 Å². The maximum absolute atomic E-state index is 10.6. The van der Waals surface area contributed by atoms with Gasteiger partial charge in [-0.1, -0.05) is 11.6 Å². The van der Waals surface area contributed by atoms with Crippen LogP contribution < -0.4 is 0 Å². The Morgan fingerprint density at radius 2 is 2.23 bits per heavy atom. The molecule has 1 aliphatic rings. The third-order valence-corrected chi connectivity index (χ3v) is 2.10. The molecule has 4 nitrogen and oxygen atoms in total. The van der Waals surface area contributed by atoms with Crippen molar-refractivity contribution in [2.24, 2.45) is 0 Å². The van der Waals surface area contributed by atoms with Crippen LogP contribution in [-0.2, 0) is 0 Å². The zero-order chi connectivity index (χ0) is 9.42. The molecular weight excluding hydrogens is 192 g/mol. The van der Waals surface area contributed by atoms with Gasteiger partial charge in [-0.2, -0.15) is 0 Å². The van der Waals surface area contributed by atoms with E-state index in [0.29, 0.717) is 5.92 Å². The minimum atomic E-state index is -1.13. The molecular formula is C8H7ClN2O2. The molecule has 1 aromatic heterocycles. The Bertz CT molecular complexity index is 363. The van der Waals surface area contributed by atoms with Gasteiger partial charge in [0, 0.05) is 11.6 Å². The Kier molecular flexibility index (Phi) is 1.92. The molecule has 0 amide bonds. The fourth-order valence-electron chi connectivity index (χ4n) is 1.12. The molecule has 13 heavy (non-hydrogen) atoms. The maximum Gasteiger partial charge on any atom is 0.373 e. The minimum Gasteiger partial charge on any atom is -0.475 e. The Balaban J connectivity index is 2.41. The molecule has 68 valence electrons. The van der Waals surface area contributed by atoms with Gasteiger partial charge in [0.15, 0.2) is 0 Å². The van der Waals surface area contributed by atoms with Crippen molar-refractivity contribution in [2.75, 3.05) is 0 Å². The average Bonchev–Trinajstić information content (AvgIpc) is 2.85. The second kappa shape index (κ2) is 2.96. The number of aromatic nitrogens is 2. The fourth-order valence-corrected chi connectivity index (χ4v) is 1.31. The summed E-state index contributed by atoms with van der Waals surface area (Å²) in [6, 6.07) is 1.63. The van der Waals surface area contributed by atoms with E-state index in [9.17, 15) is 4.79 Å². The number of nitrogens with zero attached hydrogens (tertiary/aromatic N) is 2. The van der Waals surface area contributed by atoms with Crippen molar-refractivity contribution in [1.82, 2.24) is 9.97 Å². The van der Waals surface area contributed by atoms with Crippen LogP contribution in [0.25, 0.3) is 0 Å². The van der Waals surface area contributed by atoms with E-state index in [1.807, 2.05) is 0 Å². The first kappa shape index (κ1) is 8.44. The molecule has 0 aliphatic heterocycles. The van der Waals surface area contributed by atoms with Crippen LogP contribution in [0.15, 0.2) is 6.07 Å². The van der Waals surface area contributed by atoms with E-state index in [-0.39, 0.29) is 11.0 Å². The lowest BCUT2D eigenvalue weighted by Gasteiger charge is -1.99. The number of halogens is 1. The number of carboxylic acids is 1. The average molecular weight is 199 g/mol. The highest BCUT2D eigenvalue weighted by molar-refractivity contribution is 6.29. The number of rotatable bonds is 2. The summed E-state index contributed by atoms with van der Waals surface area (Å²) in [4.78, 5) is 18.1. The van der Waals surface area contributed by atoms with Crippen LogP contribution in [0.5, 0.6) is 0 Å². The highest BCUT2D eigenvalue weighted by Crippen LogP contribution is 2.39. The molecule has 5 heteroatoms. The van der Waals surface area contributed by atoms with E-state index in [2.05, 4.69) is 9.97 Å². The molecule has 1 fully saturated rings. The van der Waals surface area contributed by atoms with Gasteiger partial charge < -0.3 is 5.11 Å². The van der Waals surface area contributed by atoms with Gasteiger partial charge in [-0.25, -0.2) is 14.8 Å². The van der Waals surface area contributed by atoms with E-state index >= 15 is 0 Å². The first-order valence-corrected chi connectivity index (χ1v) is 4.32. The first-order valence-electron chi connectivity index (χ1n) is 3.94. The molecule has 1 aromatic rings. The maximum atomic E-state index is 10.6. The summed E-state index contributed by atoms with van der Waals surface area (Å²) >= 11 is 5.65. The Labute approximate surface area is 79.6 Å². The SMILES string of the molecule is O=C(O)c1nc(Cl)cc(C2CC2)n1. The molecule has 0 bridgehead atoms. The number of carbonyl (C=O) groups is 1. The van der Waals surface area contributed by atoms with E-state index in [1.54, 1.807) is 6.07 Å². The third kappa shape index (κ3) is 1.78. The lowest BCUT2D eigenvalue weighted by Crippen LogP contribution is -2.06. The molecule has 0 spiro atoms. The van der Waals surface area contributed by atoms with Crippen molar-refractivity contribution < 1.29 is 9.90 Å². The van der Waals surface area contributed by atoms with Gasteiger partial charge in [-0.3, -0.25) is 0 Å². The molecule has 0 unspecified atom stereocenters. The normalized spacial score (nSPS) is 15.8. The van der Waals surface area contributed by atoms with Gasteiger partial charge >= 0.3 is 5.97 Å². The van der Waals surface area contributed by atoms with Gasteiger partial charge in [0.25, 0.3) is 0 Å². The molecule has 0 radical (unpaired) electrons. The molecule has 0 saturated heterocycles. The van der Waals surface area contributed by atoms with Crippen LogP contribution in [0.4, 0.5) is 0 Å². The zero-order valence-corrected chi connectivity index (χ0v) is 7.45. The summed E-state index contributed by atoms with van der Waals surface area (Å²) in [6.07, 6.45) is 2.12. The van der Waals surface area contributed by atoms with Crippen LogP contribution in [0.1, 0.15) is 35.1 Å². The number of hydrogen-bond donors (Lipinski definition) is 1. The summed E-state index contributed by atoms with van der Waals surface area (Å²) in [5.74, 6) is -0.961. The van der Waals surface area contributed by atoms with Crippen LogP contribution >= 0.6 is 11.6 Å². The standard InChI is InChI=1S/C8H7ClN2O2/c9-6-3-5(4-1-2-4)10-7(11-6)8(12)13/h3-4H,1-2H2,(H,12,13). The van der Waals surface area contributed by atoms with Crippen molar-refractivity contribution in [2.45, 2.75) is 18.8 Å². The highest BCUT2D eigenvalue weighted by atomic mass is 35.5. The Morgan fingerprint density at radius 3 is 2.77 bits per heavy atom. The second-order valence-electron chi connectivity index (χ2n) is 3.02. The van der Waals surface area contributed by atoms with E-state index in [4.69, 9.17) is 16.7 Å². The third-order valence-electron chi connectivity index (χ3n) is 1.90. The van der Waals surface area contributed by atoms with Crippen LogP contribution in [-0.4, -0.2) is 21.0 Å². The minimum absolute atomic E-state index is 0.203. The van der Waals surface area contributed by atoms with Crippen molar-refractivity contribution in [3.05, 3.63) is 22.7 Å². The van der Waals surface area contributed by atoms with Crippen molar-refractivity contribution in [3.63, 3.8) is 0 Å². The molecule has 2 rings (SSSR count). The van der Waals surface area contributed by atoms with Crippen LogP contribution in [0, 0.1) is 0 Å². The summed E-state index contributed by atoms with van der Waals surface area (Å²) in [5.41, 5.74) is 0.748. The van der Waals surface area contributed by atoms with Crippen LogP contribution in [0.2, 0.25) is 5.15 Å². The molecule has 1 heterocycles. The molecule has 1 aliphatic carbocycles. The van der Waals surface area contributed by atoms with Gasteiger partial charge in [0.2, 0.25) is 5.82 Å². The second-order valence-corrected chi connectivity index (χ2v) is 3.41. The molecule has 1 saturated carbocycles. The number of aromatic carboxylic acids is 1. The predicted molar refractivity (Wildman–Crippen MR) is 46.0 cm³/mol. The highest BCUT2D eigenvalue weighted by Gasteiger charge is 2.26. The summed E-state index contributed by atoms with van der Waals surface area (Å²) in [6.45, 7) is 0. The largest absolute Gasteiger partial charge is 0.475 e. The first-order chi connectivity index (χ1) is 6.16. The van der Waals surface area contributed by atoms with Crippen molar-refractivity contribution in [1.29, 1.82) is 0 Å². The van der Waals surface area contributed by atoms with Crippen LogP contribution in [0.3, 0.4) is 0 Å². The molecule has 0 aromatic carbocycles. The van der Waals surface area contributed by atoms with Gasteiger partial charge in [-0.15, -0.1) is 0 Å². The van der Waals surface area contributed by atoms with E-state index in [1.165, 1.54) is 0 Å². The topological polar surface area (TPSA) is 63.1 Å². The summed E-state index contributed by atoms with van der Waals surface area (Å²) in [7, 11) is 0. The Morgan fingerprint density at radius 1 is 1.54 bits per heavy atom. The van der Waals surface area contributed by atoms with Gasteiger partial charge in [0.1, 0.15) is 5.15 Å². The smallest absolute Gasteiger partial charge is 0.373 e. The summed E-state index contributed by atoms with van der Waals surface area (Å²) in [5, 5.41) is 8.86. The van der Waals surface area contributed by atoms with E-state index in [0.717, 1.165) is 18.5 Å². The monoisotopic (exact) mass is 198 g/mol. The van der Waals surface area contributed by atoms with E-state index < -0.39 is 5.97 Å². The quantitative estimate of drug-likeness (QED) is 0.735. The lowest BCUT2D eigenvalue weighted by atomic mass is 10.3. The Hall–Kier alpha value is -1.16. The number of hydrogen-bond acceptors (Lipinski definition) is 3. The molecule has 1 N–H and O–H groups in total. The predicted octanol–water partition coefficient (Wildman–Crippen LogP) is 1.71. The van der Waals surface area contributed by atoms with Gasteiger partial charge in [0.05, 0.1) is 0 Å². The number of carboxylic acid groups (broad SMARTS) is 1. The van der Waals surface area contributed by atoms with Crippen molar-refractivity contribution >= 4 is 17.6 Å². The molecule has 0 atom stereocenters.